The van der Waals surface area contributed by atoms with Crippen LogP contribution >= 0.6 is 0 Å². The van der Waals surface area contributed by atoms with E-state index in [-0.39, 0.29) is 12.1 Å². The van der Waals surface area contributed by atoms with Gasteiger partial charge in [-0.2, -0.15) is 0 Å². The van der Waals surface area contributed by atoms with Crippen LogP contribution in [0.1, 0.15) is 17.5 Å². The van der Waals surface area contributed by atoms with E-state index < -0.39 is 6.10 Å². The molecule has 0 radical (unpaired) electrons. The van der Waals surface area contributed by atoms with Gasteiger partial charge in [-0.1, -0.05) is 54.6 Å². The van der Waals surface area contributed by atoms with E-state index in [4.69, 9.17) is 14.2 Å². The summed E-state index contributed by atoms with van der Waals surface area (Å²) in [4.78, 5) is 0. The molecular weight excluding hydrogens is 378 g/mol. The van der Waals surface area contributed by atoms with Gasteiger partial charge in [0.1, 0.15) is 5.75 Å². The summed E-state index contributed by atoms with van der Waals surface area (Å²) in [6.07, 6.45) is 3.38. The van der Waals surface area contributed by atoms with Crippen LogP contribution in [0.3, 0.4) is 0 Å². The molecule has 0 heterocycles. The third kappa shape index (κ3) is 8.51. The Balaban J connectivity index is 1.69. The molecule has 0 aliphatic carbocycles. The average molecular weight is 412 g/mol. The highest BCUT2D eigenvalue weighted by atomic mass is 16.5. The summed E-state index contributed by atoms with van der Waals surface area (Å²) in [5, 5.41) is 13.8. The molecule has 2 N–H and O–H groups in total. The minimum atomic E-state index is -0.616. The molecule has 0 fully saturated rings. The van der Waals surface area contributed by atoms with Crippen molar-refractivity contribution < 1.29 is 19.3 Å². The van der Waals surface area contributed by atoms with Crippen LogP contribution in [0, 0.1) is 0 Å². The lowest BCUT2D eigenvalue weighted by atomic mass is 10.1. The molecule has 0 aromatic heterocycles. The largest absolute Gasteiger partial charge is 0.497 e. The smallest absolute Gasteiger partial charge is 0.118 e. The second kappa shape index (κ2) is 13.7. The molecule has 2 aromatic carbocycles. The molecule has 0 amide bonds. The van der Waals surface area contributed by atoms with E-state index in [1.807, 2.05) is 54.6 Å². The lowest BCUT2D eigenvalue weighted by molar-refractivity contribution is 0.0565. The summed E-state index contributed by atoms with van der Waals surface area (Å²) in [6, 6.07) is 17.4. The zero-order chi connectivity index (χ0) is 21.6. The number of aliphatic hydroxyl groups is 1. The van der Waals surface area contributed by atoms with Crippen LogP contribution in [-0.4, -0.2) is 43.6 Å². The van der Waals surface area contributed by atoms with E-state index in [1.54, 1.807) is 19.3 Å². The first kappa shape index (κ1) is 23.8. The van der Waals surface area contributed by atoms with Crippen molar-refractivity contribution >= 4 is 0 Å². The van der Waals surface area contributed by atoms with Gasteiger partial charge in [-0.25, -0.2) is 0 Å². The van der Waals surface area contributed by atoms with Crippen molar-refractivity contribution in [1.29, 1.82) is 0 Å². The maximum Gasteiger partial charge on any atom is 0.118 e. The Kier molecular flexibility index (Phi) is 10.9. The molecule has 2 rings (SSSR count). The molecule has 30 heavy (non-hydrogen) atoms. The number of hydrogen-bond donors (Lipinski definition) is 2. The second-order valence-corrected chi connectivity index (χ2v) is 7.03. The number of rotatable bonds is 15. The minimum Gasteiger partial charge on any atom is -0.497 e. The van der Waals surface area contributed by atoms with Crippen LogP contribution in [-0.2, 0) is 22.7 Å². The molecule has 0 saturated carbocycles. The zero-order valence-electron chi connectivity index (χ0n) is 17.7. The van der Waals surface area contributed by atoms with E-state index in [0.29, 0.717) is 32.8 Å². The Labute approximate surface area is 180 Å². The van der Waals surface area contributed by atoms with Crippen molar-refractivity contribution in [2.45, 2.75) is 37.8 Å². The minimum absolute atomic E-state index is 0.0911. The Morgan fingerprint density at radius 1 is 0.933 bits per heavy atom. The number of hydrogen-bond acceptors (Lipinski definition) is 5. The molecule has 0 spiro atoms. The molecular formula is C25H33NO4. The molecule has 0 unspecified atom stereocenters. The van der Waals surface area contributed by atoms with Gasteiger partial charge in [0.25, 0.3) is 0 Å². The van der Waals surface area contributed by atoms with Gasteiger partial charge in [0, 0.05) is 12.6 Å². The molecule has 5 heteroatoms. The van der Waals surface area contributed by atoms with Crippen LogP contribution in [0.25, 0.3) is 0 Å². The van der Waals surface area contributed by atoms with Gasteiger partial charge in [-0.3, -0.25) is 5.32 Å². The van der Waals surface area contributed by atoms with Gasteiger partial charge in [-0.05, 0) is 29.7 Å². The van der Waals surface area contributed by atoms with E-state index in [0.717, 1.165) is 16.9 Å². The summed E-state index contributed by atoms with van der Waals surface area (Å²) in [6.45, 7) is 9.64. The van der Waals surface area contributed by atoms with Gasteiger partial charge >= 0.3 is 0 Å². The van der Waals surface area contributed by atoms with Crippen molar-refractivity contribution in [2.75, 3.05) is 20.3 Å². The molecule has 0 aliphatic heterocycles. The Bertz CT molecular complexity index is 733. The summed E-state index contributed by atoms with van der Waals surface area (Å²) < 4.78 is 16.6. The number of methoxy groups -OCH3 is 1. The van der Waals surface area contributed by atoms with Crippen LogP contribution in [0.4, 0.5) is 0 Å². The van der Waals surface area contributed by atoms with Crippen molar-refractivity contribution in [3.63, 3.8) is 0 Å². The van der Waals surface area contributed by atoms with Crippen LogP contribution in [0.15, 0.2) is 79.9 Å². The normalized spacial score (nSPS) is 13.9. The highest BCUT2D eigenvalue weighted by Crippen LogP contribution is 2.12. The fraction of sp³-hybridized carbons (Fsp3) is 0.360. The van der Waals surface area contributed by atoms with Crippen molar-refractivity contribution in [2.24, 2.45) is 0 Å². The highest BCUT2D eigenvalue weighted by Gasteiger charge is 2.18. The van der Waals surface area contributed by atoms with Crippen molar-refractivity contribution in [3.05, 3.63) is 91.0 Å². The predicted molar refractivity (Wildman–Crippen MR) is 120 cm³/mol. The number of benzene rings is 2. The Morgan fingerprint density at radius 2 is 1.60 bits per heavy atom. The zero-order valence-corrected chi connectivity index (χ0v) is 17.7. The lowest BCUT2D eigenvalue weighted by Gasteiger charge is -2.25. The van der Waals surface area contributed by atoms with Crippen molar-refractivity contribution in [3.8, 4) is 5.75 Å². The number of ether oxygens (including phenoxy) is 3. The van der Waals surface area contributed by atoms with Crippen LogP contribution in [0.2, 0.25) is 0 Å². The first-order valence-electron chi connectivity index (χ1n) is 10.2. The molecule has 5 nitrogen and oxygen atoms in total. The van der Waals surface area contributed by atoms with E-state index in [2.05, 4.69) is 18.5 Å². The van der Waals surface area contributed by atoms with E-state index >= 15 is 0 Å². The molecule has 3 atom stereocenters. The molecule has 162 valence electrons. The quantitative estimate of drug-likeness (QED) is 0.344. The van der Waals surface area contributed by atoms with Gasteiger partial charge in [0.15, 0.2) is 0 Å². The third-order valence-electron chi connectivity index (χ3n) is 4.75. The summed E-state index contributed by atoms with van der Waals surface area (Å²) in [5.74, 6) is 0.818. The lowest BCUT2D eigenvalue weighted by Crippen LogP contribution is -2.45. The fourth-order valence-corrected chi connectivity index (χ4v) is 2.94. The highest BCUT2D eigenvalue weighted by molar-refractivity contribution is 5.26. The SMILES string of the molecule is C=C[C@H](N[C@@H](C=C)COCc1ccccc1)[C@@H](O)CCOCc1ccc(OC)cc1. The van der Waals surface area contributed by atoms with E-state index in [1.165, 1.54) is 0 Å². The monoisotopic (exact) mass is 411 g/mol. The van der Waals surface area contributed by atoms with Crippen molar-refractivity contribution in [1.82, 2.24) is 5.32 Å². The molecule has 2 aromatic rings. The maximum atomic E-state index is 10.5. The maximum absolute atomic E-state index is 10.5. The van der Waals surface area contributed by atoms with Gasteiger partial charge in [-0.15, -0.1) is 13.2 Å². The first-order valence-corrected chi connectivity index (χ1v) is 10.2. The summed E-state index contributed by atoms with van der Waals surface area (Å²) in [7, 11) is 1.64. The average Bonchev–Trinajstić information content (AvgIpc) is 2.80. The number of nitrogens with one attached hydrogen (secondary N) is 1. The molecule has 0 bridgehead atoms. The molecule has 0 saturated heterocycles. The van der Waals surface area contributed by atoms with E-state index in [9.17, 15) is 5.11 Å². The molecule has 0 aliphatic rings. The third-order valence-corrected chi connectivity index (χ3v) is 4.75. The number of aliphatic hydroxyl groups excluding tert-OH is 1. The standard InChI is InChI=1S/C25H33NO4/c1-4-22(19-30-18-20-9-7-6-8-10-20)26-24(5-2)25(27)15-16-29-17-21-11-13-23(28-3)14-12-21/h4-14,22,24-27H,1-2,15-19H2,3H3/t22-,24-,25-/m0/s1. The van der Waals surface area contributed by atoms with Gasteiger partial charge < -0.3 is 19.3 Å². The van der Waals surface area contributed by atoms with Crippen LogP contribution in [0.5, 0.6) is 5.75 Å². The topological polar surface area (TPSA) is 60.0 Å². The second-order valence-electron chi connectivity index (χ2n) is 7.03. The van der Waals surface area contributed by atoms with Crippen LogP contribution < -0.4 is 10.1 Å². The fourth-order valence-electron chi connectivity index (χ4n) is 2.94. The Hall–Kier alpha value is -2.44. The summed E-state index contributed by atoms with van der Waals surface area (Å²) >= 11 is 0. The van der Waals surface area contributed by atoms with Gasteiger partial charge in [0.05, 0.1) is 39.1 Å². The van der Waals surface area contributed by atoms with Gasteiger partial charge in [0.2, 0.25) is 0 Å². The predicted octanol–water partition coefficient (Wildman–Crippen LogP) is 3.88. The first-order chi connectivity index (χ1) is 14.7. The summed E-state index contributed by atoms with van der Waals surface area (Å²) in [5.41, 5.74) is 2.18. The Morgan fingerprint density at radius 3 is 2.23 bits per heavy atom.